The molecule has 0 amide bonds. The summed E-state index contributed by atoms with van der Waals surface area (Å²) >= 11 is 7.56. The van der Waals surface area contributed by atoms with Crippen LogP contribution in [0.25, 0.3) is 0 Å². The van der Waals surface area contributed by atoms with Gasteiger partial charge in [0.2, 0.25) is 0 Å². The highest BCUT2D eigenvalue weighted by Crippen LogP contribution is 2.33. The van der Waals surface area contributed by atoms with Crippen LogP contribution in [0.1, 0.15) is 50.2 Å². The highest BCUT2D eigenvalue weighted by Gasteiger charge is 2.41. The molecule has 18 heavy (non-hydrogen) atoms. The van der Waals surface area contributed by atoms with Crippen LogP contribution in [0, 0.1) is 0 Å². The maximum atomic E-state index is 12.9. The molecule has 1 aromatic heterocycles. The molecule has 0 N–H and O–H groups in total. The number of rotatable bonds is 7. The largest absolute Gasteiger partial charge is 0.291 e. The fourth-order valence-electron chi connectivity index (χ4n) is 2.66. The molecular weight excluding hydrogens is 266 g/mol. The number of ketones is 1. The van der Waals surface area contributed by atoms with Crippen LogP contribution in [-0.2, 0) is 0 Å². The van der Waals surface area contributed by atoms with Gasteiger partial charge in [-0.25, -0.2) is 0 Å². The van der Waals surface area contributed by atoms with Crippen molar-refractivity contribution in [3.8, 4) is 0 Å². The van der Waals surface area contributed by atoms with Crippen LogP contribution in [0.5, 0.6) is 0 Å². The van der Waals surface area contributed by atoms with E-state index < -0.39 is 5.54 Å². The van der Waals surface area contributed by atoms with Crippen molar-refractivity contribution in [2.24, 2.45) is 0 Å². The summed E-state index contributed by atoms with van der Waals surface area (Å²) in [4.78, 5) is 15.8. The Labute approximate surface area is 119 Å². The van der Waals surface area contributed by atoms with E-state index in [4.69, 9.17) is 11.6 Å². The lowest BCUT2D eigenvalue weighted by atomic mass is 9.85. The maximum absolute atomic E-state index is 12.9. The van der Waals surface area contributed by atoms with E-state index in [1.54, 1.807) is 6.07 Å². The Morgan fingerprint density at radius 1 is 1.28 bits per heavy atom. The van der Waals surface area contributed by atoms with Crippen LogP contribution in [0.15, 0.2) is 11.4 Å². The average molecular weight is 288 g/mol. The maximum Gasteiger partial charge on any atom is 0.194 e. The predicted octanol–water partition coefficient (Wildman–Crippen LogP) is 4.48. The number of thiophene rings is 1. The Hall–Kier alpha value is -0.380. The lowest BCUT2D eigenvalue weighted by molar-refractivity contribution is 0.0539. The van der Waals surface area contributed by atoms with Gasteiger partial charge in [0.05, 0.1) is 15.4 Å². The first kappa shape index (κ1) is 15.7. The second-order valence-corrected chi connectivity index (χ2v) is 5.66. The summed E-state index contributed by atoms with van der Waals surface area (Å²) in [6.45, 7) is 10.1. The number of halogens is 1. The van der Waals surface area contributed by atoms with Crippen LogP contribution < -0.4 is 0 Å². The summed E-state index contributed by atoms with van der Waals surface area (Å²) < 4.78 is 0. The second-order valence-electron chi connectivity index (χ2n) is 4.34. The summed E-state index contributed by atoms with van der Waals surface area (Å²) in [7, 11) is 0. The third-order valence-electron chi connectivity index (χ3n) is 3.78. The first-order chi connectivity index (χ1) is 8.57. The van der Waals surface area contributed by atoms with Gasteiger partial charge in [0, 0.05) is 0 Å². The quantitative estimate of drug-likeness (QED) is 0.689. The lowest BCUT2D eigenvalue weighted by Crippen LogP contribution is -2.53. The molecule has 0 aliphatic rings. The van der Waals surface area contributed by atoms with Gasteiger partial charge in [-0.1, -0.05) is 39.3 Å². The van der Waals surface area contributed by atoms with E-state index in [2.05, 4.69) is 32.6 Å². The molecule has 0 atom stereocenters. The second kappa shape index (κ2) is 6.69. The van der Waals surface area contributed by atoms with E-state index in [1.165, 1.54) is 11.3 Å². The van der Waals surface area contributed by atoms with Gasteiger partial charge in [-0.05, 0) is 37.4 Å². The van der Waals surface area contributed by atoms with Crippen molar-refractivity contribution in [3.63, 3.8) is 0 Å². The van der Waals surface area contributed by atoms with Crippen molar-refractivity contribution in [1.82, 2.24) is 4.90 Å². The van der Waals surface area contributed by atoms with Crippen LogP contribution in [0.2, 0.25) is 5.02 Å². The standard InChI is InChI=1S/C14H22ClNOS/c1-5-14(6-2,16(7-3)8-4)13(17)12-11(15)9-10-18-12/h9-10H,5-8H2,1-4H3. The molecule has 0 radical (unpaired) electrons. The Balaban J connectivity index is 3.20. The molecule has 1 rings (SSSR count). The molecular formula is C14H22ClNOS. The fraction of sp³-hybridized carbons (Fsp3) is 0.643. The van der Waals surface area contributed by atoms with Crippen molar-refractivity contribution >= 4 is 28.7 Å². The number of hydrogen-bond donors (Lipinski definition) is 0. The van der Waals surface area contributed by atoms with Crippen LogP contribution >= 0.6 is 22.9 Å². The zero-order chi connectivity index (χ0) is 13.8. The average Bonchev–Trinajstić information content (AvgIpc) is 2.81. The molecule has 0 saturated heterocycles. The third-order valence-corrected chi connectivity index (χ3v) is 5.12. The minimum absolute atomic E-state index is 0.177. The van der Waals surface area contributed by atoms with E-state index in [0.29, 0.717) is 9.90 Å². The number of likely N-dealkylation sites (N-methyl/N-ethyl adjacent to an activating group) is 1. The highest BCUT2D eigenvalue weighted by atomic mass is 35.5. The summed E-state index contributed by atoms with van der Waals surface area (Å²) in [6.07, 6.45) is 1.64. The summed E-state index contributed by atoms with van der Waals surface area (Å²) in [5.41, 5.74) is -0.405. The summed E-state index contributed by atoms with van der Waals surface area (Å²) in [5.74, 6) is 0.177. The smallest absolute Gasteiger partial charge is 0.194 e. The lowest BCUT2D eigenvalue weighted by Gasteiger charge is -2.40. The molecule has 1 heterocycles. The molecule has 102 valence electrons. The minimum atomic E-state index is -0.405. The fourth-order valence-corrected chi connectivity index (χ4v) is 3.83. The van der Waals surface area contributed by atoms with Gasteiger partial charge in [0.15, 0.2) is 5.78 Å². The molecule has 0 spiro atoms. The Bertz CT molecular complexity index is 394. The van der Waals surface area contributed by atoms with E-state index in [9.17, 15) is 4.79 Å². The topological polar surface area (TPSA) is 20.3 Å². The zero-order valence-electron chi connectivity index (χ0n) is 11.6. The molecule has 0 unspecified atom stereocenters. The van der Waals surface area contributed by atoms with Crippen molar-refractivity contribution in [1.29, 1.82) is 0 Å². The third kappa shape index (κ3) is 2.63. The molecule has 4 heteroatoms. The summed E-state index contributed by atoms with van der Waals surface area (Å²) in [5, 5.41) is 2.47. The van der Waals surface area contributed by atoms with Crippen LogP contribution in [-0.4, -0.2) is 29.3 Å². The zero-order valence-corrected chi connectivity index (χ0v) is 13.2. The first-order valence-corrected chi connectivity index (χ1v) is 7.85. The Morgan fingerprint density at radius 2 is 1.83 bits per heavy atom. The highest BCUT2D eigenvalue weighted by molar-refractivity contribution is 7.12. The first-order valence-electron chi connectivity index (χ1n) is 6.60. The molecule has 1 aromatic rings. The van der Waals surface area contributed by atoms with E-state index >= 15 is 0 Å². The number of Topliss-reactive ketones (excluding diaryl/α,β-unsaturated/α-hetero) is 1. The molecule has 0 aliphatic carbocycles. The normalized spacial score (nSPS) is 12.1. The van der Waals surface area contributed by atoms with E-state index in [0.717, 1.165) is 25.9 Å². The van der Waals surface area contributed by atoms with Gasteiger partial charge in [-0.2, -0.15) is 0 Å². The SMILES string of the molecule is CCN(CC)C(CC)(CC)C(=O)c1sccc1Cl. The van der Waals surface area contributed by atoms with Crippen molar-refractivity contribution in [2.45, 2.75) is 46.1 Å². The van der Waals surface area contributed by atoms with Gasteiger partial charge < -0.3 is 0 Å². The molecule has 0 aliphatic heterocycles. The van der Waals surface area contributed by atoms with Gasteiger partial charge in [-0.3, -0.25) is 9.69 Å². The van der Waals surface area contributed by atoms with Gasteiger partial charge >= 0.3 is 0 Å². The number of hydrogen-bond acceptors (Lipinski definition) is 3. The molecule has 0 aromatic carbocycles. The monoisotopic (exact) mass is 287 g/mol. The predicted molar refractivity (Wildman–Crippen MR) is 79.9 cm³/mol. The van der Waals surface area contributed by atoms with Crippen LogP contribution in [0.3, 0.4) is 0 Å². The van der Waals surface area contributed by atoms with Crippen LogP contribution in [0.4, 0.5) is 0 Å². The number of carbonyl (C=O) groups is 1. The van der Waals surface area contributed by atoms with Gasteiger partial charge in [0.1, 0.15) is 0 Å². The molecule has 2 nitrogen and oxygen atoms in total. The van der Waals surface area contributed by atoms with Gasteiger partial charge in [0.25, 0.3) is 0 Å². The molecule has 0 bridgehead atoms. The minimum Gasteiger partial charge on any atom is -0.291 e. The Kier molecular flexibility index (Phi) is 5.83. The number of nitrogens with zero attached hydrogens (tertiary/aromatic N) is 1. The van der Waals surface area contributed by atoms with E-state index in [1.807, 2.05) is 5.38 Å². The summed E-state index contributed by atoms with van der Waals surface area (Å²) in [6, 6.07) is 1.80. The van der Waals surface area contributed by atoms with Crippen molar-refractivity contribution < 1.29 is 4.79 Å². The number of carbonyl (C=O) groups excluding carboxylic acids is 1. The van der Waals surface area contributed by atoms with Gasteiger partial charge in [-0.15, -0.1) is 11.3 Å². The van der Waals surface area contributed by atoms with E-state index in [-0.39, 0.29) is 5.78 Å². The molecule has 0 saturated carbocycles. The van der Waals surface area contributed by atoms with Crippen molar-refractivity contribution in [3.05, 3.63) is 21.3 Å². The molecule has 0 fully saturated rings. The van der Waals surface area contributed by atoms with Crippen molar-refractivity contribution in [2.75, 3.05) is 13.1 Å². The Morgan fingerprint density at radius 3 is 2.17 bits per heavy atom.